The van der Waals surface area contributed by atoms with Crippen molar-refractivity contribution >= 4 is 27.3 Å². The lowest BCUT2D eigenvalue weighted by Gasteiger charge is -2.15. The van der Waals surface area contributed by atoms with E-state index in [1.165, 1.54) is 31.4 Å². The maximum Gasteiger partial charge on any atom is 0.265 e. The van der Waals surface area contributed by atoms with E-state index in [0.717, 1.165) is 0 Å². The average molecular weight is 426 g/mol. The first-order chi connectivity index (χ1) is 14.4. The van der Waals surface area contributed by atoms with E-state index in [9.17, 15) is 13.2 Å². The van der Waals surface area contributed by atoms with Gasteiger partial charge in [-0.2, -0.15) is 0 Å². The Labute approximate surface area is 175 Å². The molecule has 0 aliphatic carbocycles. The SMILES string of the molecule is COc1cccc(NS(=O)(=O)c2ccc(NC(=O)C(C)Oc3ccccc3)cc2)c1. The highest BCUT2D eigenvalue weighted by atomic mass is 32.2. The fourth-order valence-corrected chi connectivity index (χ4v) is 3.67. The monoisotopic (exact) mass is 426 g/mol. The molecule has 3 aromatic carbocycles. The fourth-order valence-electron chi connectivity index (χ4n) is 2.62. The van der Waals surface area contributed by atoms with Crippen molar-refractivity contribution in [1.82, 2.24) is 0 Å². The van der Waals surface area contributed by atoms with Crippen molar-refractivity contribution in [2.75, 3.05) is 17.1 Å². The van der Waals surface area contributed by atoms with Crippen LogP contribution in [0.2, 0.25) is 0 Å². The third kappa shape index (κ3) is 5.51. The van der Waals surface area contributed by atoms with Crippen molar-refractivity contribution in [3.63, 3.8) is 0 Å². The molecule has 0 aromatic heterocycles. The van der Waals surface area contributed by atoms with Crippen LogP contribution in [0.1, 0.15) is 6.92 Å². The highest BCUT2D eigenvalue weighted by Crippen LogP contribution is 2.22. The molecule has 156 valence electrons. The highest BCUT2D eigenvalue weighted by molar-refractivity contribution is 7.92. The van der Waals surface area contributed by atoms with Gasteiger partial charge in [-0.15, -0.1) is 0 Å². The summed E-state index contributed by atoms with van der Waals surface area (Å²) in [5, 5.41) is 2.71. The number of carbonyl (C=O) groups is 1. The van der Waals surface area contributed by atoms with E-state index >= 15 is 0 Å². The zero-order chi connectivity index (χ0) is 21.6. The number of hydrogen-bond donors (Lipinski definition) is 2. The minimum Gasteiger partial charge on any atom is -0.497 e. The van der Waals surface area contributed by atoms with E-state index in [4.69, 9.17) is 9.47 Å². The molecule has 3 rings (SSSR count). The van der Waals surface area contributed by atoms with Gasteiger partial charge in [-0.3, -0.25) is 9.52 Å². The molecule has 0 bridgehead atoms. The first kappa shape index (κ1) is 21.2. The normalized spacial score (nSPS) is 11.9. The van der Waals surface area contributed by atoms with E-state index in [-0.39, 0.29) is 10.8 Å². The Morgan fingerprint density at radius 2 is 1.53 bits per heavy atom. The van der Waals surface area contributed by atoms with Crippen LogP contribution < -0.4 is 19.5 Å². The Morgan fingerprint density at radius 3 is 2.20 bits per heavy atom. The fraction of sp³-hybridized carbons (Fsp3) is 0.136. The number of para-hydroxylation sites is 1. The van der Waals surface area contributed by atoms with Gasteiger partial charge in [-0.25, -0.2) is 8.42 Å². The summed E-state index contributed by atoms with van der Waals surface area (Å²) in [6.07, 6.45) is -0.717. The molecular formula is C22H22N2O5S. The smallest absolute Gasteiger partial charge is 0.265 e. The summed E-state index contributed by atoms with van der Waals surface area (Å²) in [4.78, 5) is 12.4. The molecule has 1 amide bonds. The third-order valence-electron chi connectivity index (χ3n) is 4.18. The molecule has 0 saturated heterocycles. The number of ether oxygens (including phenoxy) is 2. The second kappa shape index (κ2) is 9.32. The highest BCUT2D eigenvalue weighted by Gasteiger charge is 2.17. The standard InChI is InChI=1S/C22H22N2O5S/c1-16(29-19-8-4-3-5-9-19)22(25)23-17-11-13-21(14-12-17)30(26,27)24-18-7-6-10-20(15-18)28-2/h3-16,24H,1-2H3,(H,23,25). The molecule has 1 atom stereocenters. The summed E-state index contributed by atoms with van der Waals surface area (Å²) in [5.41, 5.74) is 0.849. The molecule has 0 spiro atoms. The predicted molar refractivity (Wildman–Crippen MR) is 115 cm³/mol. The molecule has 30 heavy (non-hydrogen) atoms. The van der Waals surface area contributed by atoms with Gasteiger partial charge in [0, 0.05) is 11.8 Å². The van der Waals surface area contributed by atoms with Crippen LogP contribution in [-0.2, 0) is 14.8 Å². The number of hydrogen-bond acceptors (Lipinski definition) is 5. The van der Waals surface area contributed by atoms with Crippen molar-refractivity contribution in [3.05, 3.63) is 78.9 Å². The lowest BCUT2D eigenvalue weighted by molar-refractivity contribution is -0.122. The Morgan fingerprint density at radius 1 is 0.867 bits per heavy atom. The Hall–Kier alpha value is -3.52. The molecule has 7 nitrogen and oxygen atoms in total. The van der Waals surface area contributed by atoms with Gasteiger partial charge >= 0.3 is 0 Å². The number of methoxy groups -OCH3 is 1. The molecule has 0 aliphatic heterocycles. The van der Waals surface area contributed by atoms with Crippen LogP contribution in [-0.4, -0.2) is 27.5 Å². The number of amides is 1. The van der Waals surface area contributed by atoms with Gasteiger partial charge in [-0.1, -0.05) is 24.3 Å². The van der Waals surface area contributed by atoms with Crippen LogP contribution in [0, 0.1) is 0 Å². The summed E-state index contributed by atoms with van der Waals surface area (Å²) < 4.78 is 38.4. The molecule has 8 heteroatoms. The van der Waals surface area contributed by atoms with E-state index < -0.39 is 16.1 Å². The predicted octanol–water partition coefficient (Wildman–Crippen LogP) is 3.90. The number of anilines is 2. The first-order valence-corrected chi connectivity index (χ1v) is 10.7. The van der Waals surface area contributed by atoms with Gasteiger partial charge in [0.1, 0.15) is 11.5 Å². The molecule has 0 heterocycles. The molecule has 0 radical (unpaired) electrons. The average Bonchev–Trinajstić information content (AvgIpc) is 2.74. The molecular weight excluding hydrogens is 404 g/mol. The van der Waals surface area contributed by atoms with Crippen molar-refractivity contribution in [1.29, 1.82) is 0 Å². The molecule has 0 aliphatic rings. The summed E-state index contributed by atoms with van der Waals surface area (Å²) in [6, 6.07) is 21.5. The zero-order valence-corrected chi connectivity index (χ0v) is 17.3. The van der Waals surface area contributed by atoms with Crippen LogP contribution in [0.4, 0.5) is 11.4 Å². The van der Waals surface area contributed by atoms with Gasteiger partial charge < -0.3 is 14.8 Å². The van der Waals surface area contributed by atoms with Gasteiger partial charge in [-0.05, 0) is 55.5 Å². The summed E-state index contributed by atoms with van der Waals surface area (Å²) in [7, 11) is -2.28. The lowest BCUT2D eigenvalue weighted by atomic mass is 10.3. The van der Waals surface area contributed by atoms with Crippen LogP contribution in [0.25, 0.3) is 0 Å². The Balaban J connectivity index is 1.64. The van der Waals surface area contributed by atoms with E-state index in [2.05, 4.69) is 10.0 Å². The molecule has 2 N–H and O–H groups in total. The van der Waals surface area contributed by atoms with Crippen molar-refractivity contribution in [2.24, 2.45) is 0 Å². The lowest BCUT2D eigenvalue weighted by Crippen LogP contribution is -2.30. The summed E-state index contributed by atoms with van der Waals surface area (Å²) >= 11 is 0. The first-order valence-electron chi connectivity index (χ1n) is 9.17. The minimum absolute atomic E-state index is 0.0666. The van der Waals surface area contributed by atoms with E-state index in [1.807, 2.05) is 18.2 Å². The number of benzene rings is 3. The van der Waals surface area contributed by atoms with Crippen molar-refractivity contribution < 1.29 is 22.7 Å². The van der Waals surface area contributed by atoms with Crippen LogP contribution >= 0.6 is 0 Å². The van der Waals surface area contributed by atoms with E-state index in [1.54, 1.807) is 43.3 Å². The van der Waals surface area contributed by atoms with Gasteiger partial charge in [0.15, 0.2) is 6.10 Å². The molecule has 0 fully saturated rings. The van der Waals surface area contributed by atoms with Crippen molar-refractivity contribution in [3.8, 4) is 11.5 Å². The van der Waals surface area contributed by atoms with Crippen molar-refractivity contribution in [2.45, 2.75) is 17.9 Å². The molecule has 1 unspecified atom stereocenters. The number of sulfonamides is 1. The number of rotatable bonds is 8. The largest absolute Gasteiger partial charge is 0.497 e. The van der Waals surface area contributed by atoms with Crippen LogP contribution in [0.5, 0.6) is 11.5 Å². The molecule has 3 aromatic rings. The second-order valence-corrected chi connectivity index (χ2v) is 8.11. The third-order valence-corrected chi connectivity index (χ3v) is 5.58. The second-order valence-electron chi connectivity index (χ2n) is 6.42. The maximum atomic E-state index is 12.6. The topological polar surface area (TPSA) is 93.7 Å². The van der Waals surface area contributed by atoms with E-state index in [0.29, 0.717) is 22.9 Å². The zero-order valence-electron chi connectivity index (χ0n) is 16.5. The maximum absolute atomic E-state index is 12.6. The van der Waals surface area contributed by atoms with Gasteiger partial charge in [0.25, 0.3) is 15.9 Å². The quantitative estimate of drug-likeness (QED) is 0.570. The number of carbonyl (C=O) groups excluding carboxylic acids is 1. The molecule has 0 saturated carbocycles. The van der Waals surface area contributed by atoms with Gasteiger partial charge in [0.05, 0.1) is 17.7 Å². The Bertz CT molecular complexity index is 1100. The number of nitrogens with one attached hydrogen (secondary N) is 2. The van der Waals surface area contributed by atoms with Crippen LogP contribution in [0.3, 0.4) is 0 Å². The minimum atomic E-state index is -3.78. The van der Waals surface area contributed by atoms with Gasteiger partial charge in [0.2, 0.25) is 0 Å². The summed E-state index contributed by atoms with van der Waals surface area (Å²) in [6.45, 7) is 1.64. The summed E-state index contributed by atoms with van der Waals surface area (Å²) in [5.74, 6) is 0.786. The van der Waals surface area contributed by atoms with Crippen LogP contribution in [0.15, 0.2) is 83.8 Å². The Kier molecular flexibility index (Phi) is 6.58.